The first-order valence-corrected chi connectivity index (χ1v) is 11.0. The first kappa shape index (κ1) is 19.3. The van der Waals surface area contributed by atoms with Crippen LogP contribution in [-0.2, 0) is 20.6 Å². The standard InChI is InChI=1S/C19H29N3O3S/c1-3-21-12-11-19(10-9-18(21)23)16-22(14-13-20(19)2)26(24,25)15-17-7-5-4-6-8-17/h4-8H,3,9-16H2,1-2H3. The molecule has 2 fully saturated rings. The van der Waals surface area contributed by atoms with Crippen LogP contribution in [0.25, 0.3) is 0 Å². The maximum Gasteiger partial charge on any atom is 0.222 e. The van der Waals surface area contributed by atoms with Crippen LogP contribution in [-0.4, -0.2) is 73.7 Å². The highest BCUT2D eigenvalue weighted by Crippen LogP contribution is 2.33. The van der Waals surface area contributed by atoms with Crippen LogP contribution in [0.3, 0.4) is 0 Å². The van der Waals surface area contributed by atoms with Gasteiger partial charge in [-0.25, -0.2) is 8.42 Å². The molecular formula is C19H29N3O3S. The molecule has 0 bridgehead atoms. The van der Waals surface area contributed by atoms with E-state index in [4.69, 9.17) is 0 Å². The average molecular weight is 380 g/mol. The van der Waals surface area contributed by atoms with Crippen LogP contribution in [0.2, 0.25) is 0 Å². The molecule has 1 unspecified atom stereocenters. The summed E-state index contributed by atoms with van der Waals surface area (Å²) < 4.78 is 27.6. The van der Waals surface area contributed by atoms with E-state index >= 15 is 0 Å². The van der Waals surface area contributed by atoms with Gasteiger partial charge in [0.2, 0.25) is 15.9 Å². The van der Waals surface area contributed by atoms with Crippen molar-refractivity contribution in [2.24, 2.45) is 0 Å². The van der Waals surface area contributed by atoms with Crippen molar-refractivity contribution < 1.29 is 13.2 Å². The average Bonchev–Trinajstić information content (AvgIpc) is 2.78. The molecule has 3 rings (SSSR count). The first-order chi connectivity index (χ1) is 12.4. The van der Waals surface area contributed by atoms with Gasteiger partial charge in [-0.3, -0.25) is 9.69 Å². The van der Waals surface area contributed by atoms with Gasteiger partial charge in [0.05, 0.1) is 5.75 Å². The van der Waals surface area contributed by atoms with Gasteiger partial charge in [0.1, 0.15) is 0 Å². The summed E-state index contributed by atoms with van der Waals surface area (Å²) in [5.41, 5.74) is 0.565. The van der Waals surface area contributed by atoms with Crippen molar-refractivity contribution >= 4 is 15.9 Å². The maximum atomic E-state index is 13.0. The Morgan fingerprint density at radius 3 is 2.50 bits per heavy atom. The SMILES string of the molecule is CCN1CCC2(CCC1=O)CN(S(=O)(=O)Cc1ccccc1)CCN2C. The van der Waals surface area contributed by atoms with Crippen molar-refractivity contribution in [2.45, 2.75) is 37.5 Å². The van der Waals surface area contributed by atoms with Crippen LogP contribution >= 0.6 is 0 Å². The van der Waals surface area contributed by atoms with Crippen molar-refractivity contribution in [2.75, 3.05) is 39.8 Å². The fourth-order valence-electron chi connectivity index (χ4n) is 4.11. The molecule has 0 aromatic heterocycles. The van der Waals surface area contributed by atoms with E-state index in [0.717, 1.165) is 18.4 Å². The van der Waals surface area contributed by atoms with E-state index in [1.54, 1.807) is 4.31 Å². The number of amides is 1. The van der Waals surface area contributed by atoms with Gasteiger partial charge in [-0.15, -0.1) is 0 Å². The van der Waals surface area contributed by atoms with E-state index in [9.17, 15) is 13.2 Å². The molecule has 7 heteroatoms. The van der Waals surface area contributed by atoms with Crippen LogP contribution in [0.15, 0.2) is 30.3 Å². The predicted octanol–water partition coefficient (Wildman–Crippen LogP) is 1.53. The third-order valence-corrected chi connectivity index (χ3v) is 7.73. The Hall–Kier alpha value is -1.44. The van der Waals surface area contributed by atoms with E-state index in [1.165, 1.54) is 0 Å². The summed E-state index contributed by atoms with van der Waals surface area (Å²) in [5, 5.41) is 0. The molecule has 1 aromatic carbocycles. The Morgan fingerprint density at radius 2 is 1.81 bits per heavy atom. The number of likely N-dealkylation sites (N-methyl/N-ethyl adjacent to an activating group) is 1. The molecule has 2 heterocycles. The molecule has 26 heavy (non-hydrogen) atoms. The highest BCUT2D eigenvalue weighted by molar-refractivity contribution is 7.88. The van der Waals surface area contributed by atoms with Crippen molar-refractivity contribution in [1.82, 2.24) is 14.1 Å². The monoisotopic (exact) mass is 379 g/mol. The number of hydrogen-bond donors (Lipinski definition) is 0. The molecular weight excluding hydrogens is 350 g/mol. The number of carbonyl (C=O) groups is 1. The van der Waals surface area contributed by atoms with E-state index in [-0.39, 0.29) is 17.2 Å². The fraction of sp³-hybridized carbons (Fsp3) is 0.632. The van der Waals surface area contributed by atoms with Gasteiger partial charge < -0.3 is 4.90 Å². The Bertz CT molecular complexity index is 738. The third-order valence-electron chi connectivity index (χ3n) is 5.94. The van der Waals surface area contributed by atoms with Crippen LogP contribution in [0, 0.1) is 0 Å². The summed E-state index contributed by atoms with van der Waals surface area (Å²) in [4.78, 5) is 16.4. The maximum absolute atomic E-state index is 13.0. The van der Waals surface area contributed by atoms with Gasteiger partial charge in [-0.1, -0.05) is 30.3 Å². The number of sulfonamides is 1. The van der Waals surface area contributed by atoms with E-state index < -0.39 is 10.0 Å². The molecule has 0 radical (unpaired) electrons. The second kappa shape index (κ2) is 7.66. The molecule has 144 valence electrons. The largest absolute Gasteiger partial charge is 0.343 e. The van der Waals surface area contributed by atoms with Gasteiger partial charge in [-0.2, -0.15) is 4.31 Å². The number of benzene rings is 1. The Balaban J connectivity index is 1.78. The molecule has 0 saturated carbocycles. The first-order valence-electron chi connectivity index (χ1n) is 9.37. The molecule has 0 N–H and O–H groups in total. The lowest BCUT2D eigenvalue weighted by molar-refractivity contribution is -0.130. The van der Waals surface area contributed by atoms with E-state index in [2.05, 4.69) is 11.9 Å². The van der Waals surface area contributed by atoms with Crippen molar-refractivity contribution in [3.8, 4) is 0 Å². The summed E-state index contributed by atoms with van der Waals surface area (Å²) in [5.74, 6) is 0.218. The van der Waals surface area contributed by atoms with Crippen molar-refractivity contribution in [1.29, 1.82) is 0 Å². The zero-order valence-electron chi connectivity index (χ0n) is 15.7. The second-order valence-electron chi connectivity index (χ2n) is 7.44. The van der Waals surface area contributed by atoms with Crippen molar-refractivity contribution in [3.63, 3.8) is 0 Å². The van der Waals surface area contributed by atoms with Gasteiger partial charge in [0.15, 0.2) is 0 Å². The lowest BCUT2D eigenvalue weighted by Gasteiger charge is -2.48. The molecule has 0 aliphatic carbocycles. The topological polar surface area (TPSA) is 60.9 Å². The summed E-state index contributed by atoms with van der Waals surface area (Å²) in [6.07, 6.45) is 2.03. The zero-order chi connectivity index (χ0) is 18.8. The molecule has 1 spiro atoms. The van der Waals surface area contributed by atoms with Crippen LogP contribution < -0.4 is 0 Å². The predicted molar refractivity (Wildman–Crippen MR) is 102 cm³/mol. The Morgan fingerprint density at radius 1 is 1.08 bits per heavy atom. The molecule has 2 aliphatic rings. The van der Waals surface area contributed by atoms with Gasteiger partial charge in [0.25, 0.3) is 0 Å². The lowest BCUT2D eigenvalue weighted by Crippen LogP contribution is -2.62. The number of likely N-dealkylation sites (tertiary alicyclic amines) is 1. The molecule has 6 nitrogen and oxygen atoms in total. The minimum absolute atomic E-state index is 0.0354. The third kappa shape index (κ3) is 3.94. The number of piperazine rings is 1. The second-order valence-corrected chi connectivity index (χ2v) is 9.41. The fourth-order valence-corrected chi connectivity index (χ4v) is 5.70. The molecule has 1 aromatic rings. The van der Waals surface area contributed by atoms with Crippen LogP contribution in [0.1, 0.15) is 31.7 Å². The van der Waals surface area contributed by atoms with Crippen LogP contribution in [0.4, 0.5) is 0 Å². The van der Waals surface area contributed by atoms with E-state index in [0.29, 0.717) is 39.1 Å². The highest BCUT2D eigenvalue weighted by atomic mass is 32.2. The van der Waals surface area contributed by atoms with Gasteiger partial charge in [-0.05, 0) is 32.4 Å². The number of hydrogen-bond acceptors (Lipinski definition) is 4. The number of rotatable bonds is 4. The Labute approximate surface area is 156 Å². The molecule has 2 aliphatic heterocycles. The van der Waals surface area contributed by atoms with E-state index in [1.807, 2.05) is 42.2 Å². The molecule has 1 atom stereocenters. The Kier molecular flexibility index (Phi) is 5.69. The quantitative estimate of drug-likeness (QED) is 0.796. The summed E-state index contributed by atoms with van der Waals surface area (Å²) in [7, 11) is -1.31. The van der Waals surface area contributed by atoms with Crippen LogP contribution in [0.5, 0.6) is 0 Å². The van der Waals surface area contributed by atoms with Gasteiger partial charge >= 0.3 is 0 Å². The minimum Gasteiger partial charge on any atom is -0.343 e. The molecule has 1 amide bonds. The van der Waals surface area contributed by atoms with Crippen molar-refractivity contribution in [3.05, 3.63) is 35.9 Å². The summed E-state index contributed by atoms with van der Waals surface area (Å²) in [6, 6.07) is 9.34. The lowest BCUT2D eigenvalue weighted by atomic mass is 9.87. The minimum atomic E-state index is -3.37. The normalized spacial score (nSPS) is 26.2. The summed E-state index contributed by atoms with van der Waals surface area (Å²) >= 11 is 0. The van der Waals surface area contributed by atoms with Gasteiger partial charge in [0, 0.05) is 44.7 Å². The smallest absolute Gasteiger partial charge is 0.222 e. The molecule has 2 saturated heterocycles. The highest BCUT2D eigenvalue weighted by Gasteiger charge is 2.44. The number of carbonyl (C=O) groups excluding carboxylic acids is 1. The number of nitrogens with zero attached hydrogens (tertiary/aromatic N) is 3. The zero-order valence-corrected chi connectivity index (χ0v) is 16.5. The summed E-state index contributed by atoms with van der Waals surface area (Å²) in [6.45, 7) is 5.11.